The predicted molar refractivity (Wildman–Crippen MR) is 96.4 cm³/mol. The van der Waals surface area contributed by atoms with Crippen LogP contribution in [-0.2, 0) is 21.2 Å². The van der Waals surface area contributed by atoms with Gasteiger partial charge in [0.25, 0.3) is 0 Å². The third kappa shape index (κ3) is 6.19. The molecule has 0 unspecified atom stereocenters. The van der Waals surface area contributed by atoms with Gasteiger partial charge in [-0.15, -0.1) is 0 Å². The molecule has 2 aromatic carbocycles. The van der Waals surface area contributed by atoms with Crippen molar-refractivity contribution >= 4 is 21.6 Å². The van der Waals surface area contributed by atoms with E-state index < -0.39 is 15.8 Å². The Kier molecular flexibility index (Phi) is 6.52. The van der Waals surface area contributed by atoms with Crippen LogP contribution in [0.15, 0.2) is 54.6 Å². The minimum atomic E-state index is -3.56. The molecule has 0 radical (unpaired) electrons. The van der Waals surface area contributed by atoms with Crippen molar-refractivity contribution in [3.63, 3.8) is 0 Å². The summed E-state index contributed by atoms with van der Waals surface area (Å²) in [5, 5.41) is 2.78. The maximum Gasteiger partial charge on any atom is 0.232 e. The molecule has 0 bridgehead atoms. The molecular formula is C18H21FN2O3S. The van der Waals surface area contributed by atoms with Crippen molar-refractivity contribution in [1.29, 1.82) is 0 Å². The van der Waals surface area contributed by atoms with E-state index in [1.54, 1.807) is 0 Å². The fourth-order valence-corrected chi connectivity index (χ4v) is 3.30. The number of benzene rings is 2. The van der Waals surface area contributed by atoms with Crippen molar-refractivity contribution in [1.82, 2.24) is 5.32 Å². The van der Waals surface area contributed by atoms with Gasteiger partial charge in [0.05, 0.1) is 11.9 Å². The van der Waals surface area contributed by atoms with Crippen LogP contribution in [0, 0.1) is 5.82 Å². The van der Waals surface area contributed by atoms with Crippen LogP contribution in [0.2, 0.25) is 0 Å². The fraction of sp³-hybridized carbons (Fsp3) is 0.278. The molecule has 2 rings (SSSR count). The number of hydrogen-bond donors (Lipinski definition) is 1. The lowest BCUT2D eigenvalue weighted by molar-refractivity contribution is -0.120. The van der Waals surface area contributed by atoms with Crippen LogP contribution in [-0.4, -0.2) is 33.7 Å². The molecule has 25 heavy (non-hydrogen) atoms. The zero-order valence-corrected chi connectivity index (χ0v) is 14.8. The summed E-state index contributed by atoms with van der Waals surface area (Å²) in [5.41, 5.74) is 1.45. The molecule has 1 N–H and O–H groups in total. The highest BCUT2D eigenvalue weighted by Crippen LogP contribution is 2.18. The van der Waals surface area contributed by atoms with Gasteiger partial charge in [-0.05, 0) is 36.2 Å². The molecule has 0 aliphatic carbocycles. The van der Waals surface area contributed by atoms with Gasteiger partial charge in [0.1, 0.15) is 5.82 Å². The van der Waals surface area contributed by atoms with Gasteiger partial charge >= 0.3 is 0 Å². The highest BCUT2D eigenvalue weighted by atomic mass is 32.2. The molecule has 7 heteroatoms. The third-order valence-electron chi connectivity index (χ3n) is 3.64. The smallest absolute Gasteiger partial charge is 0.232 e. The standard InChI is InChI=1S/C18H21FN2O3S/c1-25(23,24)21(17-9-7-16(19)8-10-17)14-12-18(22)20-13-11-15-5-3-2-4-6-15/h2-10H,11-14H2,1H3,(H,20,22). The lowest BCUT2D eigenvalue weighted by atomic mass is 10.1. The maximum absolute atomic E-state index is 13.0. The summed E-state index contributed by atoms with van der Waals surface area (Å²) in [5.74, 6) is -0.678. The van der Waals surface area contributed by atoms with Crippen molar-refractivity contribution in [2.45, 2.75) is 12.8 Å². The van der Waals surface area contributed by atoms with Gasteiger partial charge in [-0.1, -0.05) is 30.3 Å². The third-order valence-corrected chi connectivity index (χ3v) is 4.83. The van der Waals surface area contributed by atoms with E-state index in [1.165, 1.54) is 24.3 Å². The number of amides is 1. The Hall–Kier alpha value is -2.41. The Balaban J connectivity index is 1.87. The van der Waals surface area contributed by atoms with Gasteiger partial charge in [0, 0.05) is 19.5 Å². The quantitative estimate of drug-likeness (QED) is 0.782. The average Bonchev–Trinajstić information content (AvgIpc) is 2.56. The summed E-state index contributed by atoms with van der Waals surface area (Å²) >= 11 is 0. The van der Waals surface area contributed by atoms with E-state index >= 15 is 0 Å². The van der Waals surface area contributed by atoms with E-state index in [0.717, 1.165) is 16.1 Å². The molecule has 0 aromatic heterocycles. The lowest BCUT2D eigenvalue weighted by Crippen LogP contribution is -2.35. The second kappa shape index (κ2) is 8.62. The van der Waals surface area contributed by atoms with Crippen LogP contribution < -0.4 is 9.62 Å². The van der Waals surface area contributed by atoms with Gasteiger partial charge in [-0.25, -0.2) is 12.8 Å². The Morgan fingerprint density at radius 1 is 1.08 bits per heavy atom. The molecule has 0 aliphatic rings. The summed E-state index contributed by atoms with van der Waals surface area (Å²) in [6.45, 7) is 0.486. The molecule has 0 heterocycles. The number of nitrogens with one attached hydrogen (secondary N) is 1. The molecule has 5 nitrogen and oxygen atoms in total. The Labute approximate surface area is 147 Å². The normalized spacial score (nSPS) is 11.1. The van der Waals surface area contributed by atoms with Crippen LogP contribution in [0.25, 0.3) is 0 Å². The molecule has 2 aromatic rings. The van der Waals surface area contributed by atoms with Gasteiger partial charge in [0.15, 0.2) is 0 Å². The fourth-order valence-electron chi connectivity index (χ4n) is 2.38. The van der Waals surface area contributed by atoms with Crippen LogP contribution in [0.3, 0.4) is 0 Å². The summed E-state index contributed by atoms with van der Waals surface area (Å²) in [4.78, 5) is 12.0. The van der Waals surface area contributed by atoms with E-state index in [9.17, 15) is 17.6 Å². The van der Waals surface area contributed by atoms with Crippen molar-refractivity contribution < 1.29 is 17.6 Å². The zero-order valence-electron chi connectivity index (χ0n) is 14.0. The van der Waals surface area contributed by atoms with E-state index in [1.807, 2.05) is 30.3 Å². The van der Waals surface area contributed by atoms with Crippen LogP contribution in [0.5, 0.6) is 0 Å². The molecule has 0 saturated heterocycles. The number of carbonyl (C=O) groups is 1. The predicted octanol–water partition coefficient (Wildman–Crippen LogP) is 2.34. The molecule has 0 atom stereocenters. The van der Waals surface area contributed by atoms with Gasteiger partial charge < -0.3 is 5.32 Å². The minimum Gasteiger partial charge on any atom is -0.356 e. The molecule has 0 spiro atoms. The summed E-state index contributed by atoms with van der Waals surface area (Å²) in [6.07, 6.45) is 1.79. The van der Waals surface area contributed by atoms with Crippen molar-refractivity contribution in [2.75, 3.05) is 23.7 Å². The number of sulfonamides is 1. The Bertz CT molecular complexity index is 793. The van der Waals surface area contributed by atoms with Gasteiger partial charge in [0.2, 0.25) is 15.9 Å². The summed E-state index contributed by atoms with van der Waals surface area (Å²) in [6, 6.07) is 14.9. The first-order valence-electron chi connectivity index (χ1n) is 7.90. The molecule has 1 amide bonds. The first kappa shape index (κ1) is 18.9. The number of carbonyl (C=O) groups excluding carboxylic acids is 1. The molecular weight excluding hydrogens is 343 g/mol. The second-order valence-electron chi connectivity index (χ2n) is 5.65. The number of halogens is 1. The Morgan fingerprint density at radius 3 is 2.32 bits per heavy atom. The Morgan fingerprint density at radius 2 is 1.72 bits per heavy atom. The maximum atomic E-state index is 13.0. The van der Waals surface area contributed by atoms with Gasteiger partial charge in [-0.3, -0.25) is 9.10 Å². The molecule has 0 aliphatic heterocycles. The van der Waals surface area contributed by atoms with Crippen LogP contribution in [0.1, 0.15) is 12.0 Å². The zero-order chi connectivity index (χ0) is 18.3. The number of anilines is 1. The highest BCUT2D eigenvalue weighted by molar-refractivity contribution is 7.92. The van der Waals surface area contributed by atoms with Crippen molar-refractivity contribution in [3.8, 4) is 0 Å². The summed E-state index contributed by atoms with van der Waals surface area (Å²) < 4.78 is 38.0. The van der Waals surface area contributed by atoms with Crippen LogP contribution in [0.4, 0.5) is 10.1 Å². The van der Waals surface area contributed by atoms with Crippen molar-refractivity contribution in [2.24, 2.45) is 0 Å². The molecule has 134 valence electrons. The molecule has 0 saturated carbocycles. The second-order valence-corrected chi connectivity index (χ2v) is 7.55. The van der Waals surface area contributed by atoms with E-state index in [0.29, 0.717) is 18.7 Å². The highest BCUT2D eigenvalue weighted by Gasteiger charge is 2.18. The number of hydrogen-bond acceptors (Lipinski definition) is 3. The molecule has 0 fully saturated rings. The van der Waals surface area contributed by atoms with Crippen molar-refractivity contribution in [3.05, 3.63) is 66.0 Å². The minimum absolute atomic E-state index is 0.00162. The van der Waals surface area contributed by atoms with E-state index in [2.05, 4.69) is 5.32 Å². The first-order chi connectivity index (χ1) is 11.9. The number of nitrogens with zero attached hydrogens (tertiary/aromatic N) is 1. The largest absolute Gasteiger partial charge is 0.356 e. The average molecular weight is 364 g/mol. The van der Waals surface area contributed by atoms with E-state index in [-0.39, 0.29) is 18.9 Å². The lowest BCUT2D eigenvalue weighted by Gasteiger charge is -2.22. The topological polar surface area (TPSA) is 66.5 Å². The van der Waals surface area contributed by atoms with E-state index in [4.69, 9.17) is 0 Å². The van der Waals surface area contributed by atoms with Crippen LogP contribution >= 0.6 is 0 Å². The monoisotopic (exact) mass is 364 g/mol. The number of rotatable bonds is 8. The SMILES string of the molecule is CS(=O)(=O)N(CCC(=O)NCCc1ccccc1)c1ccc(F)cc1. The first-order valence-corrected chi connectivity index (χ1v) is 9.75. The summed E-state index contributed by atoms with van der Waals surface area (Å²) in [7, 11) is -3.56. The van der Waals surface area contributed by atoms with Gasteiger partial charge in [-0.2, -0.15) is 0 Å².